The maximum Gasteiger partial charge on any atom is 0.187 e. The average molecular weight is 287 g/mol. The highest BCUT2D eigenvalue weighted by molar-refractivity contribution is 6.03. The fourth-order valence-electron chi connectivity index (χ4n) is 2.54. The van der Waals surface area contributed by atoms with Crippen molar-refractivity contribution in [2.45, 2.75) is 64.0 Å². The van der Waals surface area contributed by atoms with Gasteiger partial charge >= 0.3 is 0 Å². The summed E-state index contributed by atoms with van der Waals surface area (Å²) in [6, 6.07) is 0. The second-order valence-corrected chi connectivity index (χ2v) is 5.39. The Morgan fingerprint density at radius 1 is 1.35 bits per heavy atom. The minimum atomic E-state index is -0.771. The molecule has 2 aliphatic heterocycles. The second kappa shape index (κ2) is 5.77. The summed E-state index contributed by atoms with van der Waals surface area (Å²) >= 11 is 0. The summed E-state index contributed by atoms with van der Waals surface area (Å²) in [6.45, 7) is 5.38. The molecule has 7 nitrogen and oxygen atoms in total. The number of oxime groups is 1. The summed E-state index contributed by atoms with van der Waals surface area (Å²) < 4.78 is 22.2. The van der Waals surface area contributed by atoms with Gasteiger partial charge in [0.25, 0.3) is 0 Å². The summed E-state index contributed by atoms with van der Waals surface area (Å²) in [5, 5.41) is 11.9. The topological polar surface area (TPSA) is 86.6 Å². The van der Waals surface area contributed by atoms with Gasteiger partial charge in [-0.05, 0) is 20.3 Å². The van der Waals surface area contributed by atoms with Gasteiger partial charge < -0.3 is 24.2 Å². The van der Waals surface area contributed by atoms with Gasteiger partial charge in [0.05, 0.1) is 12.1 Å². The number of carbonyl (C=O) groups is 1. The molecular weight excluding hydrogens is 266 g/mol. The molecule has 0 bridgehead atoms. The van der Waals surface area contributed by atoms with E-state index in [0.717, 1.165) is 0 Å². The van der Waals surface area contributed by atoms with Crippen LogP contribution in [0.2, 0.25) is 0 Å². The molecule has 20 heavy (non-hydrogen) atoms. The SMILES string of the molecule is CCC(CC(=O)[C@H]1O[C@@H](OC)[C@@H]2OC(C)(C)O[C@@H]21)=NO. The first-order valence-electron chi connectivity index (χ1n) is 6.68. The van der Waals surface area contributed by atoms with Gasteiger partial charge in [-0.2, -0.15) is 0 Å². The van der Waals surface area contributed by atoms with Gasteiger partial charge in [0.2, 0.25) is 0 Å². The van der Waals surface area contributed by atoms with Gasteiger partial charge in [-0.15, -0.1) is 0 Å². The molecule has 0 aliphatic carbocycles. The molecule has 0 aromatic rings. The van der Waals surface area contributed by atoms with Gasteiger partial charge in [0.1, 0.15) is 18.3 Å². The van der Waals surface area contributed by atoms with Crippen LogP contribution in [-0.4, -0.2) is 54.2 Å². The number of nitrogens with zero attached hydrogens (tertiary/aromatic N) is 1. The Bertz CT molecular complexity index is 408. The first-order valence-corrected chi connectivity index (χ1v) is 6.68. The molecule has 0 saturated carbocycles. The van der Waals surface area contributed by atoms with Crippen LogP contribution in [0.4, 0.5) is 0 Å². The molecular formula is C13H21NO6. The molecule has 0 amide bonds. The number of hydrogen-bond donors (Lipinski definition) is 1. The number of fused-ring (bicyclic) bond motifs is 1. The minimum Gasteiger partial charge on any atom is -0.411 e. The number of ketones is 1. The Morgan fingerprint density at radius 3 is 2.55 bits per heavy atom. The lowest BCUT2D eigenvalue weighted by Crippen LogP contribution is -2.36. The molecule has 0 unspecified atom stereocenters. The van der Waals surface area contributed by atoms with Crippen LogP contribution in [0.3, 0.4) is 0 Å². The van der Waals surface area contributed by atoms with Crippen molar-refractivity contribution in [2.24, 2.45) is 5.16 Å². The van der Waals surface area contributed by atoms with Gasteiger partial charge in [-0.25, -0.2) is 0 Å². The summed E-state index contributed by atoms with van der Waals surface area (Å²) in [5.74, 6) is -0.969. The molecule has 4 atom stereocenters. The molecule has 2 heterocycles. The smallest absolute Gasteiger partial charge is 0.187 e. The quantitative estimate of drug-likeness (QED) is 0.462. The van der Waals surface area contributed by atoms with Gasteiger partial charge in [-0.3, -0.25) is 4.79 Å². The number of Topliss-reactive ketones (excluding diaryl/α,β-unsaturated/α-hetero) is 1. The summed E-state index contributed by atoms with van der Waals surface area (Å²) in [4.78, 5) is 12.3. The predicted molar refractivity (Wildman–Crippen MR) is 68.6 cm³/mol. The maximum absolute atomic E-state index is 12.3. The molecule has 0 radical (unpaired) electrons. The second-order valence-electron chi connectivity index (χ2n) is 5.39. The Hall–Kier alpha value is -1.02. The number of ether oxygens (including phenoxy) is 4. The minimum absolute atomic E-state index is 0.0289. The van der Waals surface area contributed by atoms with Crippen LogP contribution in [0.25, 0.3) is 0 Å². The summed E-state index contributed by atoms with van der Waals surface area (Å²) in [5.41, 5.74) is 0.411. The first-order chi connectivity index (χ1) is 9.41. The molecule has 2 saturated heterocycles. The maximum atomic E-state index is 12.3. The zero-order valence-electron chi connectivity index (χ0n) is 12.2. The van der Waals surface area contributed by atoms with Crippen LogP contribution >= 0.6 is 0 Å². The normalized spacial score (nSPS) is 36.1. The van der Waals surface area contributed by atoms with Crippen LogP contribution in [-0.2, 0) is 23.7 Å². The first kappa shape index (κ1) is 15.4. The molecule has 114 valence electrons. The van der Waals surface area contributed by atoms with E-state index in [0.29, 0.717) is 12.1 Å². The van der Waals surface area contributed by atoms with Crippen LogP contribution in [0.15, 0.2) is 5.16 Å². The van der Waals surface area contributed by atoms with Crippen molar-refractivity contribution in [2.75, 3.05) is 7.11 Å². The van der Waals surface area contributed by atoms with E-state index in [4.69, 9.17) is 24.2 Å². The number of hydrogen-bond acceptors (Lipinski definition) is 7. The molecule has 2 aliphatic rings. The van der Waals surface area contributed by atoms with Crippen LogP contribution in [0.1, 0.15) is 33.6 Å². The molecule has 0 aromatic heterocycles. The molecule has 7 heteroatoms. The van der Waals surface area contributed by atoms with Crippen molar-refractivity contribution in [1.29, 1.82) is 0 Å². The highest BCUT2D eigenvalue weighted by Gasteiger charge is 2.57. The van der Waals surface area contributed by atoms with Crippen molar-refractivity contribution < 1.29 is 28.9 Å². The van der Waals surface area contributed by atoms with Crippen LogP contribution in [0.5, 0.6) is 0 Å². The third-order valence-electron chi connectivity index (χ3n) is 3.49. The van der Waals surface area contributed by atoms with E-state index in [1.165, 1.54) is 7.11 Å². The van der Waals surface area contributed by atoms with Crippen LogP contribution < -0.4 is 0 Å². The van der Waals surface area contributed by atoms with E-state index in [2.05, 4.69) is 5.16 Å². The highest BCUT2D eigenvalue weighted by Crippen LogP contribution is 2.39. The lowest BCUT2D eigenvalue weighted by Gasteiger charge is -2.23. The Kier molecular flexibility index (Phi) is 4.43. The number of rotatable bonds is 5. The Labute approximate surface area is 117 Å². The standard InChI is InChI=1S/C13H21NO6/c1-5-7(14-16)6-8(15)9-10-11(12(17-4)18-9)20-13(2,3)19-10/h9-12,16H,5-6H2,1-4H3/t9-,10-,11-,12-/m1/s1. The highest BCUT2D eigenvalue weighted by atomic mass is 16.8. The number of carbonyl (C=O) groups excluding carboxylic acids is 1. The average Bonchev–Trinajstić information content (AvgIpc) is 2.88. The van der Waals surface area contributed by atoms with Crippen molar-refractivity contribution in [3.63, 3.8) is 0 Å². The largest absolute Gasteiger partial charge is 0.411 e. The fraction of sp³-hybridized carbons (Fsp3) is 0.846. The van der Waals surface area contributed by atoms with E-state index in [1.54, 1.807) is 13.8 Å². The van der Waals surface area contributed by atoms with E-state index in [-0.39, 0.29) is 12.2 Å². The molecule has 0 spiro atoms. The Balaban J connectivity index is 2.10. The molecule has 1 N–H and O–H groups in total. The molecule has 2 fully saturated rings. The van der Waals surface area contributed by atoms with Crippen LogP contribution in [0, 0.1) is 0 Å². The lowest BCUT2D eigenvalue weighted by atomic mass is 10.0. The summed E-state index contributed by atoms with van der Waals surface area (Å²) in [6.07, 6.45) is -1.80. The predicted octanol–water partition coefficient (Wildman–Crippen LogP) is 1.08. The lowest BCUT2D eigenvalue weighted by molar-refractivity contribution is -0.225. The number of methoxy groups -OCH3 is 1. The monoisotopic (exact) mass is 287 g/mol. The van der Waals surface area contributed by atoms with Gasteiger partial charge in [0.15, 0.2) is 17.9 Å². The third-order valence-corrected chi connectivity index (χ3v) is 3.49. The van der Waals surface area contributed by atoms with Crippen molar-refractivity contribution >= 4 is 11.5 Å². The van der Waals surface area contributed by atoms with E-state index < -0.39 is 30.4 Å². The van der Waals surface area contributed by atoms with E-state index >= 15 is 0 Å². The molecule has 0 aromatic carbocycles. The van der Waals surface area contributed by atoms with E-state index in [1.807, 2.05) is 6.92 Å². The zero-order chi connectivity index (χ0) is 14.9. The zero-order valence-corrected chi connectivity index (χ0v) is 12.2. The summed E-state index contributed by atoms with van der Waals surface area (Å²) in [7, 11) is 1.50. The van der Waals surface area contributed by atoms with Gasteiger partial charge in [0, 0.05) is 7.11 Å². The fourth-order valence-corrected chi connectivity index (χ4v) is 2.54. The van der Waals surface area contributed by atoms with E-state index in [9.17, 15) is 4.79 Å². The van der Waals surface area contributed by atoms with Crippen molar-refractivity contribution in [3.05, 3.63) is 0 Å². The van der Waals surface area contributed by atoms with Crippen molar-refractivity contribution in [3.8, 4) is 0 Å². The van der Waals surface area contributed by atoms with Gasteiger partial charge in [-0.1, -0.05) is 12.1 Å². The van der Waals surface area contributed by atoms with Crippen molar-refractivity contribution in [1.82, 2.24) is 0 Å². The third kappa shape index (κ3) is 2.85. The molecule has 2 rings (SSSR count). The Morgan fingerprint density at radius 2 is 2.00 bits per heavy atom.